The van der Waals surface area contributed by atoms with Crippen LogP contribution in [0.2, 0.25) is 0 Å². The lowest BCUT2D eigenvalue weighted by Gasteiger charge is -2.35. The van der Waals surface area contributed by atoms with Gasteiger partial charge >= 0.3 is 0 Å². The van der Waals surface area contributed by atoms with Crippen molar-refractivity contribution in [1.82, 2.24) is 0 Å². The highest BCUT2D eigenvalue weighted by molar-refractivity contribution is 6.13. The van der Waals surface area contributed by atoms with Crippen molar-refractivity contribution in [1.29, 1.82) is 0 Å². The van der Waals surface area contributed by atoms with Crippen LogP contribution in [0.1, 0.15) is 22.3 Å². The number of fused-ring (bicyclic) bond motifs is 9. The number of furan rings is 1. The van der Waals surface area contributed by atoms with Crippen LogP contribution < -0.4 is 0 Å². The van der Waals surface area contributed by atoms with E-state index in [2.05, 4.69) is 194 Å². The zero-order chi connectivity index (χ0) is 34.2. The van der Waals surface area contributed by atoms with E-state index >= 15 is 0 Å². The molecule has 0 bridgehead atoms. The van der Waals surface area contributed by atoms with Gasteiger partial charge in [-0.2, -0.15) is 0 Å². The summed E-state index contributed by atoms with van der Waals surface area (Å²) >= 11 is 0. The fourth-order valence-electron chi connectivity index (χ4n) is 9.03. The molecule has 1 heterocycles. The first-order valence-corrected chi connectivity index (χ1v) is 18.0. The van der Waals surface area contributed by atoms with Gasteiger partial charge in [0.05, 0.1) is 5.41 Å². The molecule has 0 radical (unpaired) electrons. The third-order valence-electron chi connectivity index (χ3n) is 11.3. The smallest absolute Gasteiger partial charge is 0.136 e. The molecule has 0 fully saturated rings. The molecule has 0 atom stereocenters. The van der Waals surface area contributed by atoms with Gasteiger partial charge in [-0.05, 0) is 114 Å². The first-order chi connectivity index (χ1) is 25.8. The quantitative estimate of drug-likeness (QED) is 0.183. The summed E-state index contributed by atoms with van der Waals surface area (Å²) in [6.45, 7) is 0. The van der Waals surface area contributed by atoms with Crippen LogP contribution in [0.4, 0.5) is 0 Å². The van der Waals surface area contributed by atoms with Crippen LogP contribution in [-0.2, 0) is 5.41 Å². The number of rotatable bonds is 4. The van der Waals surface area contributed by atoms with E-state index in [4.69, 9.17) is 4.42 Å². The maximum absolute atomic E-state index is 6.47. The van der Waals surface area contributed by atoms with Crippen molar-refractivity contribution < 1.29 is 4.42 Å². The highest BCUT2D eigenvalue weighted by Crippen LogP contribution is 2.61. The van der Waals surface area contributed by atoms with Gasteiger partial charge in [0.1, 0.15) is 11.2 Å². The van der Waals surface area contributed by atoms with E-state index in [1.54, 1.807) is 0 Å². The first-order valence-electron chi connectivity index (χ1n) is 18.0. The Bertz CT molecular complexity index is 2950. The molecule has 0 saturated carbocycles. The third-order valence-corrected chi connectivity index (χ3v) is 11.3. The van der Waals surface area contributed by atoms with Crippen molar-refractivity contribution in [2.24, 2.45) is 0 Å². The Morgan fingerprint density at radius 3 is 1.67 bits per heavy atom. The number of benzene rings is 9. The minimum atomic E-state index is -0.557. The molecule has 1 aliphatic rings. The molecule has 1 aromatic heterocycles. The van der Waals surface area contributed by atoms with E-state index < -0.39 is 5.41 Å². The topological polar surface area (TPSA) is 13.1 Å². The first kappa shape index (κ1) is 29.1. The molecule has 52 heavy (non-hydrogen) atoms. The Kier molecular flexibility index (Phi) is 6.23. The molecule has 1 heteroatoms. The van der Waals surface area contributed by atoms with Gasteiger partial charge < -0.3 is 4.42 Å². The van der Waals surface area contributed by atoms with E-state index in [9.17, 15) is 0 Å². The summed E-state index contributed by atoms with van der Waals surface area (Å²) in [5.74, 6) is 0. The summed E-state index contributed by atoms with van der Waals surface area (Å²) in [6.07, 6.45) is 0. The molecule has 0 spiro atoms. The summed E-state index contributed by atoms with van der Waals surface area (Å²) in [5.41, 5.74) is 13.8. The molecular weight excluding hydrogens is 629 g/mol. The van der Waals surface area contributed by atoms with Crippen LogP contribution in [0, 0.1) is 0 Å². The monoisotopic (exact) mass is 660 g/mol. The summed E-state index contributed by atoms with van der Waals surface area (Å²) < 4.78 is 6.47. The van der Waals surface area contributed by atoms with Gasteiger partial charge in [-0.1, -0.05) is 158 Å². The zero-order valence-electron chi connectivity index (χ0n) is 28.4. The third kappa shape index (κ3) is 4.11. The van der Waals surface area contributed by atoms with Crippen LogP contribution in [0.25, 0.3) is 76.9 Å². The predicted molar refractivity (Wildman–Crippen MR) is 217 cm³/mol. The van der Waals surface area contributed by atoms with Crippen molar-refractivity contribution in [3.63, 3.8) is 0 Å². The molecule has 0 N–H and O–H groups in total. The van der Waals surface area contributed by atoms with Gasteiger partial charge in [0.25, 0.3) is 0 Å². The lowest BCUT2D eigenvalue weighted by atomic mass is 9.66. The Morgan fingerprint density at radius 2 is 0.942 bits per heavy atom. The summed E-state index contributed by atoms with van der Waals surface area (Å²) in [7, 11) is 0. The fourth-order valence-corrected chi connectivity index (χ4v) is 9.03. The number of hydrogen-bond acceptors (Lipinski definition) is 1. The summed E-state index contributed by atoms with van der Waals surface area (Å²) in [4.78, 5) is 0. The second-order valence-electron chi connectivity index (χ2n) is 14.0. The van der Waals surface area contributed by atoms with E-state index in [0.29, 0.717) is 0 Å². The van der Waals surface area contributed by atoms with E-state index in [0.717, 1.165) is 21.9 Å². The molecule has 9 aromatic carbocycles. The predicted octanol–water partition coefficient (Wildman–Crippen LogP) is 13.6. The largest absolute Gasteiger partial charge is 0.456 e. The Balaban J connectivity index is 1.29. The second-order valence-corrected chi connectivity index (χ2v) is 14.0. The fraction of sp³-hybridized carbons (Fsp3) is 0.0196. The van der Waals surface area contributed by atoms with Gasteiger partial charge in [-0.25, -0.2) is 0 Å². The van der Waals surface area contributed by atoms with Crippen molar-refractivity contribution in [3.8, 4) is 33.4 Å². The van der Waals surface area contributed by atoms with Gasteiger partial charge in [-0.3, -0.25) is 0 Å². The molecular formula is C51H32O. The molecule has 1 aliphatic carbocycles. The zero-order valence-corrected chi connectivity index (χ0v) is 28.4. The van der Waals surface area contributed by atoms with Crippen molar-refractivity contribution in [3.05, 3.63) is 216 Å². The molecule has 242 valence electrons. The van der Waals surface area contributed by atoms with Gasteiger partial charge in [0.2, 0.25) is 0 Å². The average molecular weight is 661 g/mol. The highest BCUT2D eigenvalue weighted by Gasteiger charge is 2.48. The van der Waals surface area contributed by atoms with Crippen LogP contribution >= 0.6 is 0 Å². The minimum absolute atomic E-state index is 0.557. The Hall–Kier alpha value is -6.70. The molecule has 0 unspecified atom stereocenters. The maximum atomic E-state index is 6.47. The molecule has 0 amide bonds. The van der Waals surface area contributed by atoms with Crippen molar-refractivity contribution >= 4 is 43.5 Å². The minimum Gasteiger partial charge on any atom is -0.456 e. The number of hydrogen-bond donors (Lipinski definition) is 0. The van der Waals surface area contributed by atoms with Crippen molar-refractivity contribution in [2.45, 2.75) is 5.41 Å². The van der Waals surface area contributed by atoms with Crippen LogP contribution in [0.3, 0.4) is 0 Å². The molecule has 0 aliphatic heterocycles. The van der Waals surface area contributed by atoms with Gasteiger partial charge in [-0.15, -0.1) is 0 Å². The highest BCUT2D eigenvalue weighted by atomic mass is 16.3. The van der Waals surface area contributed by atoms with Crippen LogP contribution in [-0.4, -0.2) is 0 Å². The SMILES string of the molecule is c1ccc(-c2ccc3c(c2)C(c2ccccc2)(c2ccccc2)c2c-3c(-c3ccc4oc5cc6ccccc6cc5c4c3)cc3ccccc23)cc1. The summed E-state index contributed by atoms with van der Waals surface area (Å²) in [6, 6.07) is 71.3. The van der Waals surface area contributed by atoms with Gasteiger partial charge in [0.15, 0.2) is 0 Å². The van der Waals surface area contributed by atoms with Crippen molar-refractivity contribution in [2.75, 3.05) is 0 Å². The lowest BCUT2D eigenvalue weighted by molar-refractivity contribution is 0.669. The molecule has 10 aromatic rings. The van der Waals surface area contributed by atoms with E-state index in [-0.39, 0.29) is 0 Å². The Labute approximate surface area is 302 Å². The standard InChI is InChI=1S/C51H32O/c1-4-14-33(15-5-1)36-24-26-42-46(31-36)51(39-19-6-2-7-20-39,40-21-8-3-9-22-40)50-41-23-13-12-18-37(41)29-43(49(42)50)38-25-27-47-44(30-38)45-28-34-16-10-11-17-35(34)32-48(45)52-47/h1-32H. The maximum Gasteiger partial charge on any atom is 0.136 e. The van der Waals surface area contributed by atoms with E-state index in [1.807, 2.05) is 0 Å². The van der Waals surface area contributed by atoms with E-state index in [1.165, 1.54) is 77.2 Å². The summed E-state index contributed by atoms with van der Waals surface area (Å²) in [5, 5.41) is 7.18. The van der Waals surface area contributed by atoms with Crippen LogP contribution in [0.5, 0.6) is 0 Å². The van der Waals surface area contributed by atoms with Crippen LogP contribution in [0.15, 0.2) is 199 Å². The molecule has 11 rings (SSSR count). The molecule has 1 nitrogen and oxygen atoms in total. The average Bonchev–Trinajstić information content (AvgIpc) is 3.73. The van der Waals surface area contributed by atoms with Gasteiger partial charge in [0, 0.05) is 10.8 Å². The second kappa shape index (κ2) is 11.2. The molecule has 0 saturated heterocycles. The Morgan fingerprint density at radius 1 is 0.346 bits per heavy atom. The normalized spacial score (nSPS) is 13.2. The lowest BCUT2D eigenvalue weighted by Crippen LogP contribution is -2.29.